The zero-order valence-electron chi connectivity index (χ0n) is 9.39. The lowest BCUT2D eigenvalue weighted by Crippen LogP contribution is -2.38. The first-order valence-electron chi connectivity index (χ1n) is 4.85. The molecule has 0 saturated carbocycles. The SMILES string of the molecule is CCC(C)(C)CN[C@H](C)/C(C)=N/O. The second-order valence-electron chi connectivity index (χ2n) is 4.36. The standard InChI is InChI=1S/C10H22N2O/c1-6-10(4,5)7-11-8(2)9(3)12-13/h8,11,13H,6-7H2,1-5H3/b12-9+/t8-/m1/s1. The summed E-state index contributed by atoms with van der Waals surface area (Å²) in [5.74, 6) is 0. The van der Waals surface area contributed by atoms with Crippen molar-refractivity contribution in [1.29, 1.82) is 0 Å². The highest BCUT2D eigenvalue weighted by molar-refractivity contribution is 5.86. The Morgan fingerprint density at radius 3 is 2.46 bits per heavy atom. The van der Waals surface area contributed by atoms with Gasteiger partial charge in [-0.2, -0.15) is 0 Å². The molecule has 0 bridgehead atoms. The summed E-state index contributed by atoms with van der Waals surface area (Å²) in [4.78, 5) is 0. The van der Waals surface area contributed by atoms with Gasteiger partial charge in [-0.05, 0) is 25.7 Å². The molecule has 1 atom stereocenters. The fourth-order valence-corrected chi connectivity index (χ4v) is 0.789. The van der Waals surface area contributed by atoms with Gasteiger partial charge in [0.2, 0.25) is 0 Å². The zero-order chi connectivity index (χ0) is 10.5. The first-order chi connectivity index (χ1) is 5.93. The molecule has 0 fully saturated rings. The van der Waals surface area contributed by atoms with Crippen molar-refractivity contribution in [3.63, 3.8) is 0 Å². The summed E-state index contributed by atoms with van der Waals surface area (Å²) in [6, 6.07) is 0.149. The average Bonchev–Trinajstić information content (AvgIpc) is 2.13. The first kappa shape index (κ1) is 12.4. The van der Waals surface area contributed by atoms with E-state index in [0.717, 1.165) is 18.7 Å². The van der Waals surface area contributed by atoms with Gasteiger partial charge in [-0.25, -0.2) is 0 Å². The molecule has 3 heteroatoms. The smallest absolute Gasteiger partial charge is 0.0706 e. The van der Waals surface area contributed by atoms with Crippen LogP contribution in [0.2, 0.25) is 0 Å². The van der Waals surface area contributed by atoms with E-state index in [1.807, 2.05) is 13.8 Å². The molecule has 0 amide bonds. The van der Waals surface area contributed by atoms with Crippen molar-refractivity contribution >= 4 is 5.71 Å². The monoisotopic (exact) mass is 186 g/mol. The summed E-state index contributed by atoms with van der Waals surface area (Å²) >= 11 is 0. The van der Waals surface area contributed by atoms with Gasteiger partial charge in [0.15, 0.2) is 0 Å². The van der Waals surface area contributed by atoms with Crippen LogP contribution in [0.15, 0.2) is 5.16 Å². The van der Waals surface area contributed by atoms with Gasteiger partial charge in [0.25, 0.3) is 0 Å². The Bertz CT molecular complexity index is 176. The Hall–Kier alpha value is -0.570. The molecule has 0 spiro atoms. The normalized spacial score (nSPS) is 15.9. The highest BCUT2D eigenvalue weighted by Crippen LogP contribution is 2.17. The number of rotatable bonds is 5. The van der Waals surface area contributed by atoms with Crippen LogP contribution in [0.25, 0.3) is 0 Å². The van der Waals surface area contributed by atoms with E-state index >= 15 is 0 Å². The number of hydrogen-bond donors (Lipinski definition) is 2. The van der Waals surface area contributed by atoms with Crippen molar-refractivity contribution in [2.75, 3.05) is 6.54 Å². The van der Waals surface area contributed by atoms with Gasteiger partial charge in [-0.3, -0.25) is 0 Å². The molecule has 0 heterocycles. The van der Waals surface area contributed by atoms with Gasteiger partial charge in [0, 0.05) is 12.6 Å². The van der Waals surface area contributed by atoms with E-state index in [2.05, 4.69) is 31.2 Å². The molecule has 0 aromatic heterocycles. The fraction of sp³-hybridized carbons (Fsp3) is 0.900. The molecule has 0 aliphatic rings. The third kappa shape index (κ3) is 4.88. The number of oxime groups is 1. The highest BCUT2D eigenvalue weighted by atomic mass is 16.4. The van der Waals surface area contributed by atoms with Crippen LogP contribution < -0.4 is 5.32 Å². The van der Waals surface area contributed by atoms with Crippen molar-refractivity contribution in [2.24, 2.45) is 10.6 Å². The van der Waals surface area contributed by atoms with Crippen molar-refractivity contribution in [1.82, 2.24) is 5.32 Å². The maximum Gasteiger partial charge on any atom is 0.0706 e. The van der Waals surface area contributed by atoms with E-state index < -0.39 is 0 Å². The summed E-state index contributed by atoms with van der Waals surface area (Å²) in [5, 5.41) is 15.0. The van der Waals surface area contributed by atoms with E-state index in [1.165, 1.54) is 0 Å². The molecule has 3 nitrogen and oxygen atoms in total. The fourth-order valence-electron chi connectivity index (χ4n) is 0.789. The Labute approximate surface area is 81.2 Å². The van der Waals surface area contributed by atoms with Crippen molar-refractivity contribution < 1.29 is 5.21 Å². The molecular formula is C10H22N2O. The molecule has 0 saturated heterocycles. The van der Waals surface area contributed by atoms with Crippen molar-refractivity contribution in [3.8, 4) is 0 Å². The first-order valence-corrected chi connectivity index (χ1v) is 4.85. The maximum absolute atomic E-state index is 8.54. The summed E-state index contributed by atoms with van der Waals surface area (Å²) in [5.41, 5.74) is 1.04. The minimum Gasteiger partial charge on any atom is -0.411 e. The predicted molar refractivity (Wildman–Crippen MR) is 56.4 cm³/mol. The third-order valence-corrected chi connectivity index (χ3v) is 2.63. The van der Waals surface area contributed by atoms with Gasteiger partial charge in [0.1, 0.15) is 0 Å². The molecular weight excluding hydrogens is 164 g/mol. The van der Waals surface area contributed by atoms with E-state index in [-0.39, 0.29) is 6.04 Å². The van der Waals surface area contributed by atoms with Crippen molar-refractivity contribution in [3.05, 3.63) is 0 Å². The van der Waals surface area contributed by atoms with Crippen LogP contribution in [0.5, 0.6) is 0 Å². The molecule has 0 aliphatic heterocycles. The lowest BCUT2D eigenvalue weighted by molar-refractivity contribution is 0.307. The van der Waals surface area contributed by atoms with Crippen LogP contribution in [-0.2, 0) is 0 Å². The lowest BCUT2D eigenvalue weighted by Gasteiger charge is -2.25. The van der Waals surface area contributed by atoms with Crippen LogP contribution in [0.3, 0.4) is 0 Å². The van der Waals surface area contributed by atoms with E-state index in [0.29, 0.717) is 5.41 Å². The number of nitrogens with zero attached hydrogens (tertiary/aromatic N) is 1. The Morgan fingerprint density at radius 1 is 1.54 bits per heavy atom. The molecule has 0 rings (SSSR count). The zero-order valence-corrected chi connectivity index (χ0v) is 9.39. The van der Waals surface area contributed by atoms with Gasteiger partial charge < -0.3 is 10.5 Å². The topological polar surface area (TPSA) is 44.6 Å². The molecule has 2 N–H and O–H groups in total. The molecule has 0 aromatic carbocycles. The Kier molecular flexibility index (Phi) is 4.99. The average molecular weight is 186 g/mol. The molecule has 78 valence electrons. The Morgan fingerprint density at radius 2 is 2.08 bits per heavy atom. The Balaban J connectivity index is 3.89. The maximum atomic E-state index is 8.54. The van der Waals surface area contributed by atoms with E-state index in [9.17, 15) is 0 Å². The predicted octanol–water partition coefficient (Wildman–Crippen LogP) is 2.25. The summed E-state index contributed by atoms with van der Waals surface area (Å²) < 4.78 is 0. The van der Waals surface area contributed by atoms with Crippen LogP contribution in [-0.4, -0.2) is 23.5 Å². The van der Waals surface area contributed by atoms with Crippen LogP contribution >= 0.6 is 0 Å². The minimum atomic E-state index is 0.149. The largest absolute Gasteiger partial charge is 0.411 e. The van der Waals surface area contributed by atoms with Crippen LogP contribution in [0, 0.1) is 5.41 Å². The van der Waals surface area contributed by atoms with Gasteiger partial charge >= 0.3 is 0 Å². The summed E-state index contributed by atoms with van der Waals surface area (Å²) in [7, 11) is 0. The summed E-state index contributed by atoms with van der Waals surface area (Å²) in [6.45, 7) is 11.4. The van der Waals surface area contributed by atoms with Crippen LogP contribution in [0.1, 0.15) is 41.0 Å². The van der Waals surface area contributed by atoms with Gasteiger partial charge in [-0.1, -0.05) is 25.9 Å². The lowest BCUT2D eigenvalue weighted by atomic mass is 9.90. The van der Waals surface area contributed by atoms with Crippen molar-refractivity contribution in [2.45, 2.75) is 47.1 Å². The second kappa shape index (κ2) is 5.22. The highest BCUT2D eigenvalue weighted by Gasteiger charge is 2.16. The molecule has 13 heavy (non-hydrogen) atoms. The molecule has 0 aromatic rings. The summed E-state index contributed by atoms with van der Waals surface area (Å²) in [6.07, 6.45) is 1.14. The van der Waals surface area contributed by atoms with Crippen LogP contribution in [0.4, 0.5) is 0 Å². The molecule has 0 aliphatic carbocycles. The molecule has 0 unspecified atom stereocenters. The van der Waals surface area contributed by atoms with Gasteiger partial charge in [0.05, 0.1) is 5.71 Å². The number of hydrogen-bond acceptors (Lipinski definition) is 3. The van der Waals surface area contributed by atoms with Gasteiger partial charge in [-0.15, -0.1) is 0 Å². The third-order valence-electron chi connectivity index (χ3n) is 2.63. The number of nitrogens with one attached hydrogen (secondary N) is 1. The second-order valence-corrected chi connectivity index (χ2v) is 4.36. The minimum absolute atomic E-state index is 0.149. The molecule has 0 radical (unpaired) electrons. The van der Waals surface area contributed by atoms with E-state index in [1.54, 1.807) is 0 Å². The quantitative estimate of drug-likeness (QED) is 0.393. The van der Waals surface area contributed by atoms with E-state index in [4.69, 9.17) is 5.21 Å².